The first-order valence-corrected chi connectivity index (χ1v) is 18.2. The molecule has 0 fully saturated rings. The summed E-state index contributed by atoms with van der Waals surface area (Å²) in [6.45, 7) is -1.30. The Bertz CT molecular complexity index is 1450. The molecule has 0 aromatic carbocycles. The van der Waals surface area contributed by atoms with Crippen LogP contribution in [0.2, 0.25) is 0 Å². The molecule has 15 N–H and O–H groups in total. The highest BCUT2D eigenvalue weighted by Crippen LogP contribution is 2.23. The molecule has 308 valence electrons. The summed E-state index contributed by atoms with van der Waals surface area (Å²) in [5, 5.41) is 58.2. The normalized spacial score (nSPS) is 13.9. The molecule has 0 saturated heterocycles. The van der Waals surface area contributed by atoms with Crippen LogP contribution in [0, 0.1) is 0 Å². The molecule has 0 heterocycles. The lowest BCUT2D eigenvalue weighted by molar-refractivity contribution is -0.143. The van der Waals surface area contributed by atoms with Crippen molar-refractivity contribution in [3.8, 4) is 0 Å². The molecule has 6 atom stereocenters. The monoisotopic (exact) mass is 826 g/mol. The van der Waals surface area contributed by atoms with Gasteiger partial charge in [-0.3, -0.25) is 43.2 Å². The molecule has 0 rings (SSSR count). The molecular weight excluding hydrogens is 784 g/mol. The fourth-order valence-corrected chi connectivity index (χ4v) is 6.20. The number of aliphatic carboxylic acids is 5. The van der Waals surface area contributed by atoms with Gasteiger partial charge in [-0.15, -0.1) is 0 Å². The van der Waals surface area contributed by atoms with Crippen LogP contribution in [0.1, 0.15) is 38.5 Å². The molecule has 0 saturated carbocycles. The first-order valence-electron chi connectivity index (χ1n) is 15.7. The van der Waals surface area contributed by atoms with Crippen molar-refractivity contribution >= 4 is 93.2 Å². The van der Waals surface area contributed by atoms with Crippen LogP contribution in [0.25, 0.3) is 0 Å². The standard InChI is InChI=1S/C28H42N8O17S2/c29-12(7-20(40)41)23(46)35-14(27(50)51)1-3-18(38)33-16(25(48)31-5-6-37)10-54-55-11-17(26(49)32-9-22(44)45)34-19(39)4-2-15(28(52)53)36-24(47)13(30)8-21(42)43/h6,12-17H,1-5,7-11,29-30H2,(H,31,48)(H,32,49)(H,33,38)(H,34,39)(H,35,46)(H,36,47)(H,40,41)(H,42,43)(H,44,45)(H,50,51)(H,52,53). The Balaban J connectivity index is 5.53. The molecule has 27 heteroatoms. The molecule has 55 heavy (non-hydrogen) atoms. The predicted octanol–water partition coefficient (Wildman–Crippen LogP) is -5.84. The third-order valence-electron chi connectivity index (χ3n) is 6.64. The van der Waals surface area contributed by atoms with Crippen molar-refractivity contribution in [1.29, 1.82) is 0 Å². The Morgan fingerprint density at radius 3 is 1.24 bits per heavy atom. The second-order valence-electron chi connectivity index (χ2n) is 11.1. The number of hydrogen-bond donors (Lipinski definition) is 13. The number of hydrogen-bond acceptors (Lipinski definition) is 16. The lowest BCUT2D eigenvalue weighted by Gasteiger charge is -2.21. The summed E-state index contributed by atoms with van der Waals surface area (Å²) in [6, 6.07) is -9.33. The fourth-order valence-electron chi connectivity index (χ4n) is 3.87. The van der Waals surface area contributed by atoms with Crippen molar-refractivity contribution in [3.63, 3.8) is 0 Å². The SMILES string of the molecule is NC(CC(=O)O)C(=O)NC(CCC(=O)NC(CSSCC(NC(=O)CCC(NC(=O)C(N)CC(=O)O)C(=O)O)C(=O)NCC(=O)O)C(=O)NCC=O)C(=O)O. The molecule has 6 amide bonds. The van der Waals surface area contributed by atoms with E-state index in [4.69, 9.17) is 26.8 Å². The average molecular weight is 827 g/mol. The van der Waals surface area contributed by atoms with Crippen molar-refractivity contribution in [2.24, 2.45) is 11.5 Å². The van der Waals surface area contributed by atoms with E-state index in [1.165, 1.54) is 0 Å². The average Bonchev–Trinajstić information content (AvgIpc) is 3.09. The summed E-state index contributed by atoms with van der Waals surface area (Å²) in [7, 11) is 1.70. The molecule has 0 spiro atoms. The zero-order valence-corrected chi connectivity index (χ0v) is 30.4. The van der Waals surface area contributed by atoms with Crippen molar-refractivity contribution in [2.75, 3.05) is 24.6 Å². The van der Waals surface area contributed by atoms with Crippen LogP contribution in [-0.2, 0) is 57.5 Å². The Labute approximate surface area is 318 Å². The van der Waals surface area contributed by atoms with Crippen molar-refractivity contribution in [3.05, 3.63) is 0 Å². The molecule has 6 unspecified atom stereocenters. The number of carboxylic acid groups (broad SMARTS) is 5. The van der Waals surface area contributed by atoms with E-state index in [1.807, 2.05) is 10.6 Å². The van der Waals surface area contributed by atoms with Gasteiger partial charge in [-0.05, 0) is 12.8 Å². The highest BCUT2D eigenvalue weighted by atomic mass is 33.1. The molecule has 0 bridgehead atoms. The first kappa shape index (κ1) is 49.5. The van der Waals surface area contributed by atoms with Crippen LogP contribution in [0.3, 0.4) is 0 Å². The molecular formula is C28H42N8O17S2. The van der Waals surface area contributed by atoms with E-state index in [0.29, 0.717) is 6.29 Å². The van der Waals surface area contributed by atoms with Gasteiger partial charge in [0, 0.05) is 24.3 Å². The second kappa shape index (κ2) is 26.3. The maximum atomic E-state index is 12.7. The maximum absolute atomic E-state index is 12.7. The van der Waals surface area contributed by atoms with Crippen LogP contribution in [-0.4, -0.2) is 158 Å². The number of carboxylic acids is 5. The van der Waals surface area contributed by atoms with E-state index >= 15 is 0 Å². The number of rotatable bonds is 29. The summed E-state index contributed by atoms with van der Waals surface area (Å²) in [5.41, 5.74) is 10.8. The van der Waals surface area contributed by atoms with E-state index in [-0.39, 0.29) is 11.5 Å². The quantitative estimate of drug-likeness (QED) is 0.0190. The first-order chi connectivity index (χ1) is 25.7. The zero-order valence-electron chi connectivity index (χ0n) is 28.7. The van der Waals surface area contributed by atoms with E-state index in [1.54, 1.807) is 0 Å². The summed E-state index contributed by atoms with van der Waals surface area (Å²) >= 11 is 0. The number of amides is 6. The molecule has 0 aliphatic carbocycles. The van der Waals surface area contributed by atoms with Gasteiger partial charge in [0.15, 0.2) is 0 Å². The number of nitrogens with one attached hydrogen (secondary N) is 6. The largest absolute Gasteiger partial charge is 0.481 e. The molecule has 0 aliphatic rings. The van der Waals surface area contributed by atoms with Crippen LogP contribution in [0.5, 0.6) is 0 Å². The Kier molecular flexibility index (Phi) is 23.6. The van der Waals surface area contributed by atoms with Gasteiger partial charge in [0.1, 0.15) is 37.0 Å². The summed E-state index contributed by atoms with van der Waals surface area (Å²) in [6.07, 6.45) is -3.47. The van der Waals surface area contributed by atoms with Gasteiger partial charge in [0.05, 0.1) is 31.5 Å². The second-order valence-corrected chi connectivity index (χ2v) is 13.7. The zero-order chi connectivity index (χ0) is 42.2. The number of carbonyl (C=O) groups excluding carboxylic acids is 7. The van der Waals surface area contributed by atoms with Crippen molar-refractivity contribution in [1.82, 2.24) is 31.9 Å². The van der Waals surface area contributed by atoms with Crippen LogP contribution < -0.4 is 43.4 Å². The van der Waals surface area contributed by atoms with Gasteiger partial charge in [-0.25, -0.2) is 9.59 Å². The Morgan fingerprint density at radius 1 is 0.527 bits per heavy atom. The predicted molar refractivity (Wildman–Crippen MR) is 187 cm³/mol. The highest BCUT2D eigenvalue weighted by molar-refractivity contribution is 8.76. The van der Waals surface area contributed by atoms with Gasteiger partial charge in [-0.1, -0.05) is 21.6 Å². The Hall–Kier alpha value is -5.54. The van der Waals surface area contributed by atoms with Gasteiger partial charge in [0.25, 0.3) is 0 Å². The van der Waals surface area contributed by atoms with Gasteiger partial charge < -0.3 is 73.7 Å². The fraction of sp³-hybridized carbons (Fsp3) is 0.571. The van der Waals surface area contributed by atoms with E-state index in [0.717, 1.165) is 21.6 Å². The third kappa shape index (κ3) is 22.3. The smallest absolute Gasteiger partial charge is 0.326 e. The maximum Gasteiger partial charge on any atom is 0.326 e. The third-order valence-corrected chi connectivity index (χ3v) is 9.06. The van der Waals surface area contributed by atoms with E-state index in [9.17, 15) is 67.7 Å². The minimum atomic E-state index is -1.68. The Morgan fingerprint density at radius 2 is 0.909 bits per heavy atom. The van der Waals surface area contributed by atoms with E-state index < -0.39 is 153 Å². The lowest BCUT2D eigenvalue weighted by Crippen LogP contribution is -2.51. The molecule has 0 aromatic rings. The molecule has 0 aromatic heterocycles. The number of carbonyl (C=O) groups is 12. The van der Waals surface area contributed by atoms with Crippen molar-refractivity contribution < 1.29 is 83.1 Å². The summed E-state index contributed by atoms with van der Waals surface area (Å²) < 4.78 is 0. The van der Waals surface area contributed by atoms with Crippen LogP contribution >= 0.6 is 21.6 Å². The molecule has 0 radical (unpaired) electrons. The number of aldehydes is 1. The van der Waals surface area contributed by atoms with Gasteiger partial charge in [-0.2, -0.15) is 0 Å². The van der Waals surface area contributed by atoms with Crippen LogP contribution in [0.15, 0.2) is 0 Å². The summed E-state index contributed by atoms with van der Waals surface area (Å²) in [5.74, 6) is -13.9. The molecule has 25 nitrogen and oxygen atoms in total. The van der Waals surface area contributed by atoms with Gasteiger partial charge >= 0.3 is 29.8 Å². The van der Waals surface area contributed by atoms with Crippen LogP contribution in [0.4, 0.5) is 0 Å². The van der Waals surface area contributed by atoms with E-state index in [2.05, 4.69) is 21.3 Å². The highest BCUT2D eigenvalue weighted by Gasteiger charge is 2.29. The topological polar surface area (TPSA) is 430 Å². The minimum Gasteiger partial charge on any atom is -0.481 e. The van der Waals surface area contributed by atoms with Gasteiger partial charge in [0.2, 0.25) is 35.4 Å². The lowest BCUT2D eigenvalue weighted by atomic mass is 10.1. The summed E-state index contributed by atoms with van der Waals surface area (Å²) in [4.78, 5) is 141. The molecule has 0 aliphatic heterocycles. The van der Waals surface area contributed by atoms with Crippen molar-refractivity contribution in [2.45, 2.75) is 74.8 Å². The number of nitrogens with two attached hydrogens (primary N) is 2. The minimum absolute atomic E-state index is 0.258.